The van der Waals surface area contributed by atoms with Gasteiger partial charge in [-0.3, -0.25) is 0 Å². The lowest BCUT2D eigenvalue weighted by atomic mass is 10.2. The smallest absolute Gasteiger partial charge is 0.209 e. The maximum Gasteiger partial charge on any atom is 0.209 e. The van der Waals surface area contributed by atoms with E-state index in [-0.39, 0.29) is 0 Å². The van der Waals surface area contributed by atoms with E-state index in [2.05, 4.69) is 21.6 Å². The molecule has 94 valence electrons. The predicted molar refractivity (Wildman–Crippen MR) is 68.6 cm³/mol. The molecule has 1 aliphatic carbocycles. The maximum absolute atomic E-state index is 5.21. The van der Waals surface area contributed by atoms with Crippen LogP contribution < -0.4 is 4.74 Å². The standard InChI is InChI=1S/C12H14N4OS/c1-17-11-4-2-3-9(7-11)8-18-12-13-14-15-16(12)10-5-6-10/h2-4,7,10H,5-6,8H2,1H3. The quantitative estimate of drug-likeness (QED) is 0.774. The second kappa shape index (κ2) is 4.97. The number of rotatable bonds is 5. The Morgan fingerprint density at radius 2 is 2.33 bits per heavy atom. The van der Waals surface area contributed by atoms with Gasteiger partial charge in [0.25, 0.3) is 0 Å². The molecule has 18 heavy (non-hydrogen) atoms. The number of methoxy groups -OCH3 is 1. The first kappa shape index (κ1) is 11.5. The Bertz CT molecular complexity index is 538. The lowest BCUT2D eigenvalue weighted by Crippen LogP contribution is -1.98. The van der Waals surface area contributed by atoms with Gasteiger partial charge in [0.2, 0.25) is 5.16 Å². The zero-order chi connectivity index (χ0) is 12.4. The van der Waals surface area contributed by atoms with Crippen molar-refractivity contribution in [2.24, 2.45) is 0 Å². The summed E-state index contributed by atoms with van der Waals surface area (Å²) in [4.78, 5) is 0. The largest absolute Gasteiger partial charge is 0.497 e. The van der Waals surface area contributed by atoms with Crippen LogP contribution in [0.25, 0.3) is 0 Å². The van der Waals surface area contributed by atoms with Gasteiger partial charge in [-0.05, 0) is 41.0 Å². The predicted octanol–water partition coefficient (Wildman–Crippen LogP) is 2.31. The van der Waals surface area contributed by atoms with Gasteiger partial charge < -0.3 is 4.74 Å². The fourth-order valence-electron chi connectivity index (χ4n) is 1.74. The second-order valence-corrected chi connectivity index (χ2v) is 5.22. The van der Waals surface area contributed by atoms with Gasteiger partial charge in [-0.2, -0.15) is 0 Å². The lowest BCUT2D eigenvalue weighted by Gasteiger charge is -2.04. The van der Waals surface area contributed by atoms with Crippen molar-refractivity contribution >= 4 is 11.8 Å². The van der Waals surface area contributed by atoms with Crippen LogP contribution in [0.15, 0.2) is 29.4 Å². The van der Waals surface area contributed by atoms with E-state index in [1.807, 2.05) is 22.9 Å². The fourth-order valence-corrected chi connectivity index (χ4v) is 2.63. The maximum atomic E-state index is 5.21. The molecular weight excluding hydrogens is 248 g/mol. The summed E-state index contributed by atoms with van der Waals surface area (Å²) in [5.41, 5.74) is 1.21. The van der Waals surface area contributed by atoms with E-state index in [1.165, 1.54) is 18.4 Å². The molecule has 0 N–H and O–H groups in total. The molecule has 6 heteroatoms. The molecule has 1 aromatic carbocycles. The van der Waals surface area contributed by atoms with Crippen LogP contribution in [0, 0.1) is 0 Å². The van der Waals surface area contributed by atoms with E-state index in [4.69, 9.17) is 4.74 Å². The van der Waals surface area contributed by atoms with Crippen molar-refractivity contribution in [3.05, 3.63) is 29.8 Å². The summed E-state index contributed by atoms with van der Waals surface area (Å²) in [6, 6.07) is 8.59. The molecule has 0 spiro atoms. The van der Waals surface area contributed by atoms with Crippen LogP contribution in [0.2, 0.25) is 0 Å². The Morgan fingerprint density at radius 1 is 1.44 bits per heavy atom. The summed E-state index contributed by atoms with van der Waals surface area (Å²) in [7, 11) is 1.68. The van der Waals surface area contributed by atoms with E-state index < -0.39 is 0 Å². The first-order valence-electron chi connectivity index (χ1n) is 5.90. The van der Waals surface area contributed by atoms with Crippen molar-refractivity contribution in [2.45, 2.75) is 29.8 Å². The monoisotopic (exact) mass is 262 g/mol. The lowest BCUT2D eigenvalue weighted by molar-refractivity contribution is 0.414. The van der Waals surface area contributed by atoms with Gasteiger partial charge in [-0.15, -0.1) is 5.10 Å². The summed E-state index contributed by atoms with van der Waals surface area (Å²) in [6.07, 6.45) is 2.38. The second-order valence-electron chi connectivity index (χ2n) is 4.28. The van der Waals surface area contributed by atoms with Gasteiger partial charge in [-0.1, -0.05) is 23.9 Å². The van der Waals surface area contributed by atoms with Gasteiger partial charge in [0.05, 0.1) is 13.2 Å². The molecule has 0 atom stereocenters. The Balaban J connectivity index is 1.67. The third-order valence-corrected chi connectivity index (χ3v) is 3.86. The van der Waals surface area contributed by atoms with E-state index in [1.54, 1.807) is 18.9 Å². The molecule has 1 heterocycles. The summed E-state index contributed by atoms with van der Waals surface area (Å²) in [5, 5.41) is 12.8. The van der Waals surface area contributed by atoms with Crippen LogP contribution in [-0.2, 0) is 5.75 Å². The average molecular weight is 262 g/mol. The SMILES string of the molecule is COc1cccc(CSc2nnnn2C2CC2)c1. The molecule has 0 amide bonds. The number of tetrazole rings is 1. The van der Waals surface area contributed by atoms with Crippen molar-refractivity contribution in [3.8, 4) is 5.75 Å². The van der Waals surface area contributed by atoms with Crippen LogP contribution in [0.5, 0.6) is 5.75 Å². The normalized spacial score (nSPS) is 14.7. The van der Waals surface area contributed by atoms with E-state index in [0.29, 0.717) is 6.04 Å². The summed E-state index contributed by atoms with van der Waals surface area (Å²) in [5.74, 6) is 1.74. The van der Waals surface area contributed by atoms with Crippen molar-refractivity contribution in [1.29, 1.82) is 0 Å². The Kier molecular flexibility index (Phi) is 3.19. The highest BCUT2D eigenvalue weighted by atomic mass is 32.2. The Labute approximate surface area is 110 Å². The third kappa shape index (κ3) is 2.48. The molecule has 1 aromatic heterocycles. The molecule has 0 bridgehead atoms. The van der Waals surface area contributed by atoms with Crippen molar-refractivity contribution in [2.75, 3.05) is 7.11 Å². The van der Waals surface area contributed by atoms with Crippen LogP contribution >= 0.6 is 11.8 Å². The Morgan fingerprint density at radius 3 is 3.11 bits per heavy atom. The highest BCUT2D eigenvalue weighted by molar-refractivity contribution is 7.98. The summed E-state index contributed by atoms with van der Waals surface area (Å²) < 4.78 is 7.14. The van der Waals surface area contributed by atoms with E-state index >= 15 is 0 Å². The molecule has 0 aliphatic heterocycles. The van der Waals surface area contributed by atoms with E-state index in [0.717, 1.165) is 16.7 Å². The highest BCUT2D eigenvalue weighted by Gasteiger charge is 2.27. The van der Waals surface area contributed by atoms with Crippen LogP contribution in [0.3, 0.4) is 0 Å². The number of benzene rings is 1. The first-order chi connectivity index (χ1) is 8.86. The molecule has 5 nitrogen and oxygen atoms in total. The zero-order valence-corrected chi connectivity index (χ0v) is 10.9. The molecule has 1 fully saturated rings. The number of aromatic nitrogens is 4. The fraction of sp³-hybridized carbons (Fsp3) is 0.417. The van der Waals surface area contributed by atoms with E-state index in [9.17, 15) is 0 Å². The molecular formula is C12H14N4OS. The molecule has 1 saturated carbocycles. The number of ether oxygens (including phenoxy) is 1. The molecule has 0 saturated heterocycles. The van der Waals surface area contributed by atoms with Crippen LogP contribution in [0.4, 0.5) is 0 Å². The number of hydrogen-bond donors (Lipinski definition) is 0. The molecule has 0 radical (unpaired) electrons. The van der Waals surface area contributed by atoms with Crippen molar-refractivity contribution in [3.63, 3.8) is 0 Å². The number of thioether (sulfide) groups is 1. The minimum atomic E-state index is 0.521. The molecule has 3 rings (SSSR count). The molecule has 0 unspecified atom stereocenters. The van der Waals surface area contributed by atoms with Gasteiger partial charge in [0.1, 0.15) is 5.75 Å². The highest BCUT2D eigenvalue weighted by Crippen LogP contribution is 2.36. The third-order valence-electron chi connectivity index (χ3n) is 2.86. The van der Waals surface area contributed by atoms with Gasteiger partial charge in [-0.25, -0.2) is 4.68 Å². The van der Waals surface area contributed by atoms with Crippen LogP contribution in [0.1, 0.15) is 24.4 Å². The van der Waals surface area contributed by atoms with Crippen LogP contribution in [-0.4, -0.2) is 27.3 Å². The summed E-state index contributed by atoms with van der Waals surface area (Å²) in [6.45, 7) is 0. The number of hydrogen-bond acceptors (Lipinski definition) is 5. The van der Waals surface area contributed by atoms with Gasteiger partial charge in [0.15, 0.2) is 0 Å². The Hall–Kier alpha value is -1.56. The average Bonchev–Trinajstić information content (AvgIpc) is 3.15. The minimum Gasteiger partial charge on any atom is -0.497 e. The number of nitrogens with zero attached hydrogens (tertiary/aromatic N) is 4. The van der Waals surface area contributed by atoms with Crippen molar-refractivity contribution in [1.82, 2.24) is 20.2 Å². The summed E-state index contributed by atoms with van der Waals surface area (Å²) >= 11 is 1.67. The van der Waals surface area contributed by atoms with Gasteiger partial charge in [0, 0.05) is 5.75 Å². The first-order valence-corrected chi connectivity index (χ1v) is 6.89. The van der Waals surface area contributed by atoms with Crippen molar-refractivity contribution < 1.29 is 4.74 Å². The topological polar surface area (TPSA) is 52.8 Å². The minimum absolute atomic E-state index is 0.521. The van der Waals surface area contributed by atoms with Gasteiger partial charge >= 0.3 is 0 Å². The zero-order valence-electron chi connectivity index (χ0n) is 10.1. The molecule has 1 aliphatic rings. The molecule has 2 aromatic rings.